The van der Waals surface area contributed by atoms with E-state index >= 15 is 0 Å². The van der Waals surface area contributed by atoms with Crippen LogP contribution >= 0.6 is 0 Å². The number of aryl methyl sites for hydroxylation is 1. The minimum atomic E-state index is -0.698. The molecule has 0 radical (unpaired) electrons. The van der Waals surface area contributed by atoms with E-state index in [-0.39, 0.29) is 55.2 Å². The normalized spacial score (nSPS) is 23.6. The number of nitrogens with one attached hydrogen (secondary N) is 3. The van der Waals surface area contributed by atoms with Crippen LogP contribution in [0.5, 0.6) is 0 Å². The number of urea groups is 1. The Kier molecular flexibility index (Phi) is 7.82. The maximum Gasteiger partial charge on any atom is 0.337 e. The summed E-state index contributed by atoms with van der Waals surface area (Å²) in [5.41, 5.74) is 5.84. The zero-order chi connectivity index (χ0) is 26.0. The number of amides is 5. The largest absolute Gasteiger partial charge is 0.356 e. The molecular weight excluding hydrogens is 460 g/mol. The Balaban J connectivity index is 1.47. The smallest absolute Gasteiger partial charge is 0.337 e. The Morgan fingerprint density at radius 2 is 1.86 bits per heavy atom. The van der Waals surface area contributed by atoms with Crippen molar-refractivity contribution in [2.75, 3.05) is 25.0 Å². The Hall–Kier alpha value is -3.14. The predicted octanol–water partition coefficient (Wildman–Crippen LogP) is 2.33. The molecule has 3 unspecified atom stereocenters. The van der Waals surface area contributed by atoms with E-state index in [9.17, 15) is 19.2 Å². The molecule has 0 spiro atoms. The SMILES string of the molecule is Cc1cccc(NC(=O)CN2NC3N(CCC(=O)NCC(C)C)C(=O)C4CCCCC4N3C2=O)c1C. The summed E-state index contributed by atoms with van der Waals surface area (Å²) in [6.45, 7) is 8.55. The number of hydrogen-bond acceptors (Lipinski definition) is 5. The first-order chi connectivity index (χ1) is 17.2. The molecule has 3 atom stereocenters. The molecule has 2 aliphatic heterocycles. The van der Waals surface area contributed by atoms with Crippen LogP contribution in [0.25, 0.3) is 0 Å². The highest BCUT2D eigenvalue weighted by molar-refractivity contribution is 5.95. The first-order valence-corrected chi connectivity index (χ1v) is 13.0. The minimum absolute atomic E-state index is 0.0282. The van der Waals surface area contributed by atoms with Crippen LogP contribution in [0.1, 0.15) is 57.1 Å². The highest BCUT2D eigenvalue weighted by Crippen LogP contribution is 2.38. The van der Waals surface area contributed by atoms with Gasteiger partial charge in [-0.15, -0.1) is 0 Å². The fourth-order valence-corrected chi connectivity index (χ4v) is 5.30. The predicted molar refractivity (Wildman–Crippen MR) is 135 cm³/mol. The van der Waals surface area contributed by atoms with E-state index in [1.54, 1.807) is 9.80 Å². The van der Waals surface area contributed by atoms with Gasteiger partial charge in [-0.1, -0.05) is 38.8 Å². The lowest BCUT2D eigenvalue weighted by atomic mass is 9.81. The number of anilines is 1. The zero-order valence-electron chi connectivity index (χ0n) is 21.7. The molecule has 5 amide bonds. The second kappa shape index (κ2) is 10.9. The number of fused-ring (bicyclic) bond motifs is 3. The molecule has 2 heterocycles. The molecule has 196 valence electrons. The molecule has 10 nitrogen and oxygen atoms in total. The van der Waals surface area contributed by atoms with E-state index in [4.69, 9.17) is 0 Å². The lowest BCUT2D eigenvalue weighted by Gasteiger charge is -2.48. The number of benzene rings is 1. The average molecular weight is 499 g/mol. The van der Waals surface area contributed by atoms with Crippen LogP contribution in [0.15, 0.2) is 18.2 Å². The van der Waals surface area contributed by atoms with Crippen molar-refractivity contribution in [2.45, 2.75) is 72.1 Å². The topological polar surface area (TPSA) is 114 Å². The fourth-order valence-electron chi connectivity index (χ4n) is 5.30. The molecule has 3 aliphatic rings. The monoisotopic (exact) mass is 498 g/mol. The molecule has 4 rings (SSSR count). The number of carbonyl (C=O) groups is 4. The van der Waals surface area contributed by atoms with Crippen molar-refractivity contribution in [2.24, 2.45) is 11.8 Å². The molecule has 36 heavy (non-hydrogen) atoms. The van der Waals surface area contributed by atoms with Crippen molar-refractivity contribution in [3.05, 3.63) is 29.3 Å². The van der Waals surface area contributed by atoms with Crippen molar-refractivity contribution < 1.29 is 19.2 Å². The average Bonchev–Trinajstić information content (AvgIpc) is 3.16. The third-order valence-corrected chi connectivity index (χ3v) is 7.44. The van der Waals surface area contributed by atoms with E-state index < -0.39 is 6.29 Å². The maximum atomic E-state index is 13.5. The van der Waals surface area contributed by atoms with Gasteiger partial charge in [0.25, 0.3) is 0 Å². The minimum Gasteiger partial charge on any atom is -0.356 e. The molecule has 3 N–H and O–H groups in total. The lowest BCUT2D eigenvalue weighted by Crippen LogP contribution is -2.66. The summed E-state index contributed by atoms with van der Waals surface area (Å²) in [5, 5.41) is 7.07. The molecule has 1 saturated carbocycles. The number of hydrazine groups is 1. The van der Waals surface area contributed by atoms with Gasteiger partial charge in [0.05, 0.1) is 5.92 Å². The van der Waals surface area contributed by atoms with Crippen LogP contribution in [-0.2, 0) is 14.4 Å². The van der Waals surface area contributed by atoms with Crippen LogP contribution in [0.3, 0.4) is 0 Å². The summed E-state index contributed by atoms with van der Waals surface area (Å²) < 4.78 is 0. The third kappa shape index (κ3) is 5.33. The van der Waals surface area contributed by atoms with E-state index in [1.165, 1.54) is 5.01 Å². The van der Waals surface area contributed by atoms with Crippen molar-refractivity contribution in [1.29, 1.82) is 0 Å². The number of nitrogens with zero attached hydrogens (tertiary/aromatic N) is 3. The first kappa shape index (κ1) is 25.9. The summed E-state index contributed by atoms with van der Waals surface area (Å²) in [6, 6.07) is 5.18. The van der Waals surface area contributed by atoms with E-state index in [0.29, 0.717) is 18.2 Å². The van der Waals surface area contributed by atoms with Gasteiger partial charge in [-0.2, -0.15) is 5.43 Å². The summed E-state index contributed by atoms with van der Waals surface area (Å²) in [7, 11) is 0. The second-order valence-electron chi connectivity index (χ2n) is 10.5. The van der Waals surface area contributed by atoms with Gasteiger partial charge >= 0.3 is 6.03 Å². The first-order valence-electron chi connectivity index (χ1n) is 13.0. The summed E-state index contributed by atoms with van der Waals surface area (Å²) in [4.78, 5) is 55.4. The van der Waals surface area contributed by atoms with Crippen molar-refractivity contribution in [3.8, 4) is 0 Å². The number of hydrogen-bond donors (Lipinski definition) is 3. The maximum absolute atomic E-state index is 13.5. The van der Waals surface area contributed by atoms with Gasteiger partial charge in [-0.3, -0.25) is 19.3 Å². The van der Waals surface area contributed by atoms with Crippen LogP contribution in [0, 0.1) is 25.7 Å². The molecule has 2 saturated heterocycles. The molecule has 1 aromatic rings. The number of carbonyl (C=O) groups excluding carboxylic acids is 4. The van der Waals surface area contributed by atoms with Crippen LogP contribution in [0.2, 0.25) is 0 Å². The highest BCUT2D eigenvalue weighted by Gasteiger charge is 2.54. The third-order valence-electron chi connectivity index (χ3n) is 7.44. The van der Waals surface area contributed by atoms with Gasteiger partial charge in [-0.05, 0) is 49.8 Å². The van der Waals surface area contributed by atoms with Gasteiger partial charge in [0.15, 0.2) is 6.29 Å². The standard InChI is InChI=1S/C26H38N6O4/c1-16(2)14-27-22(33)12-13-30-24(35)19-9-5-6-11-21(19)32-25(30)29-31(26(32)36)15-23(34)28-20-10-7-8-17(3)18(20)4/h7-8,10,16,19,21,25,29H,5-6,9,11-15H2,1-4H3,(H,27,33)(H,28,34). The Bertz CT molecular complexity index is 1030. The Labute approximate surface area is 212 Å². The Morgan fingerprint density at radius 3 is 2.61 bits per heavy atom. The lowest BCUT2D eigenvalue weighted by molar-refractivity contribution is -0.156. The summed E-state index contributed by atoms with van der Waals surface area (Å²) in [6.07, 6.45) is 2.83. The fraction of sp³-hybridized carbons (Fsp3) is 0.615. The molecule has 1 aliphatic carbocycles. The second-order valence-corrected chi connectivity index (χ2v) is 10.5. The quantitative estimate of drug-likeness (QED) is 0.509. The highest BCUT2D eigenvalue weighted by atomic mass is 16.2. The van der Waals surface area contributed by atoms with Crippen molar-refractivity contribution in [3.63, 3.8) is 0 Å². The molecule has 1 aromatic carbocycles. The van der Waals surface area contributed by atoms with Gasteiger partial charge in [0.2, 0.25) is 17.7 Å². The van der Waals surface area contributed by atoms with E-state index in [0.717, 1.165) is 36.8 Å². The van der Waals surface area contributed by atoms with Gasteiger partial charge in [0, 0.05) is 31.2 Å². The van der Waals surface area contributed by atoms with Gasteiger partial charge < -0.3 is 15.5 Å². The van der Waals surface area contributed by atoms with E-state index in [2.05, 4.69) is 16.1 Å². The van der Waals surface area contributed by atoms with Gasteiger partial charge in [-0.25, -0.2) is 9.80 Å². The molecular formula is C26H38N6O4. The van der Waals surface area contributed by atoms with Crippen LogP contribution < -0.4 is 16.1 Å². The zero-order valence-corrected chi connectivity index (χ0v) is 21.7. The molecule has 0 aromatic heterocycles. The number of rotatable bonds is 8. The Morgan fingerprint density at radius 1 is 1.11 bits per heavy atom. The summed E-state index contributed by atoms with van der Waals surface area (Å²) in [5.74, 6) is -0.414. The van der Waals surface area contributed by atoms with Gasteiger partial charge in [0.1, 0.15) is 6.54 Å². The van der Waals surface area contributed by atoms with Crippen LogP contribution in [0.4, 0.5) is 10.5 Å². The molecule has 10 heteroatoms. The van der Waals surface area contributed by atoms with E-state index in [1.807, 2.05) is 45.9 Å². The molecule has 3 fully saturated rings. The van der Waals surface area contributed by atoms with Crippen molar-refractivity contribution >= 4 is 29.4 Å². The molecule has 0 bridgehead atoms. The van der Waals surface area contributed by atoms with Crippen molar-refractivity contribution in [1.82, 2.24) is 25.6 Å². The summed E-state index contributed by atoms with van der Waals surface area (Å²) >= 11 is 0. The van der Waals surface area contributed by atoms with Crippen LogP contribution in [-0.4, -0.2) is 70.5 Å².